The summed E-state index contributed by atoms with van der Waals surface area (Å²) in [6.07, 6.45) is 0. The number of ketones is 1. The molecule has 0 aliphatic heterocycles. The molecule has 3 aromatic carbocycles. The first kappa shape index (κ1) is 17.0. The molecule has 0 saturated heterocycles. The highest BCUT2D eigenvalue weighted by Gasteiger charge is 2.16. The van der Waals surface area contributed by atoms with Gasteiger partial charge in [0.15, 0.2) is 5.78 Å². The highest BCUT2D eigenvalue weighted by atomic mass is 35.5. The lowest BCUT2D eigenvalue weighted by atomic mass is 9.98. The molecule has 25 heavy (non-hydrogen) atoms. The summed E-state index contributed by atoms with van der Waals surface area (Å²) >= 11 is 6.31. The highest BCUT2D eigenvalue weighted by Crippen LogP contribution is 2.27. The molecule has 0 fully saturated rings. The van der Waals surface area contributed by atoms with Gasteiger partial charge in [0.25, 0.3) is 0 Å². The molecule has 0 unspecified atom stereocenters. The minimum absolute atomic E-state index is 0.178. The Hall–Kier alpha value is -2.85. The monoisotopic (exact) mass is 354 g/mol. The van der Waals surface area contributed by atoms with E-state index in [1.54, 1.807) is 48.5 Å². The molecule has 0 aliphatic carbocycles. The largest absolute Gasteiger partial charge is 0.399 e. The quantitative estimate of drug-likeness (QED) is 0.491. The normalized spacial score (nSPS) is 10.5. The summed E-state index contributed by atoms with van der Waals surface area (Å²) in [7, 11) is 0. The van der Waals surface area contributed by atoms with Gasteiger partial charge in [-0.1, -0.05) is 17.7 Å². The zero-order valence-corrected chi connectivity index (χ0v) is 14.3. The summed E-state index contributed by atoms with van der Waals surface area (Å²) in [5, 5.41) is 3.45. The van der Waals surface area contributed by atoms with Gasteiger partial charge in [0.05, 0.1) is 5.02 Å². The summed E-state index contributed by atoms with van der Waals surface area (Å²) in [4.78, 5) is 12.7. The predicted octanol–water partition coefficient (Wildman–Crippen LogP) is 5.34. The van der Waals surface area contributed by atoms with Crippen LogP contribution in [0.3, 0.4) is 0 Å². The number of rotatable bonds is 4. The first-order chi connectivity index (χ1) is 11.9. The Balaban J connectivity index is 1.87. The van der Waals surface area contributed by atoms with Gasteiger partial charge in [-0.05, 0) is 67.1 Å². The summed E-state index contributed by atoms with van der Waals surface area (Å²) in [6, 6.07) is 16.3. The van der Waals surface area contributed by atoms with E-state index in [0.717, 1.165) is 11.3 Å². The number of halogens is 2. The minimum atomic E-state index is -0.304. The minimum Gasteiger partial charge on any atom is -0.399 e. The maximum Gasteiger partial charge on any atom is 0.194 e. The fourth-order valence-corrected chi connectivity index (χ4v) is 2.77. The van der Waals surface area contributed by atoms with E-state index in [0.29, 0.717) is 27.5 Å². The summed E-state index contributed by atoms with van der Waals surface area (Å²) in [5.41, 5.74) is 9.51. The lowest BCUT2D eigenvalue weighted by molar-refractivity contribution is 0.103. The van der Waals surface area contributed by atoms with Crippen molar-refractivity contribution in [3.63, 3.8) is 0 Å². The number of hydrogen-bond acceptors (Lipinski definition) is 3. The van der Waals surface area contributed by atoms with Gasteiger partial charge in [-0.25, -0.2) is 4.39 Å². The van der Waals surface area contributed by atoms with E-state index in [-0.39, 0.29) is 11.6 Å². The van der Waals surface area contributed by atoms with Crippen LogP contribution in [-0.2, 0) is 0 Å². The number of nitrogen functional groups attached to an aromatic ring is 1. The Bertz CT molecular complexity index is 939. The summed E-state index contributed by atoms with van der Waals surface area (Å²) in [6.45, 7) is 1.85. The van der Waals surface area contributed by atoms with Crippen LogP contribution in [0.1, 0.15) is 21.5 Å². The van der Waals surface area contributed by atoms with Crippen LogP contribution in [0.15, 0.2) is 60.7 Å². The van der Waals surface area contributed by atoms with Crippen molar-refractivity contribution in [3.8, 4) is 0 Å². The molecule has 126 valence electrons. The highest BCUT2D eigenvalue weighted by molar-refractivity contribution is 6.35. The average molecular weight is 355 g/mol. The molecule has 0 spiro atoms. The number of carbonyl (C=O) groups is 1. The van der Waals surface area contributed by atoms with Crippen molar-refractivity contribution in [1.29, 1.82) is 0 Å². The van der Waals surface area contributed by atoms with Crippen LogP contribution in [0.5, 0.6) is 0 Å². The van der Waals surface area contributed by atoms with E-state index in [2.05, 4.69) is 5.32 Å². The summed E-state index contributed by atoms with van der Waals surface area (Å²) in [5.74, 6) is -0.481. The number of anilines is 3. The third-order valence-corrected chi connectivity index (χ3v) is 4.17. The maximum atomic E-state index is 13.0. The number of aryl methyl sites for hydroxylation is 1. The van der Waals surface area contributed by atoms with Gasteiger partial charge in [-0.2, -0.15) is 0 Å². The van der Waals surface area contributed by atoms with Gasteiger partial charge in [0.1, 0.15) is 5.82 Å². The molecule has 5 heteroatoms. The molecule has 3 rings (SSSR count). The first-order valence-corrected chi connectivity index (χ1v) is 8.05. The van der Waals surface area contributed by atoms with Crippen molar-refractivity contribution in [3.05, 3.63) is 88.2 Å². The van der Waals surface area contributed by atoms with Gasteiger partial charge in [-0.15, -0.1) is 0 Å². The third kappa shape index (κ3) is 3.80. The molecular weight excluding hydrogens is 339 g/mol. The number of nitrogens with two attached hydrogens (primary N) is 1. The smallest absolute Gasteiger partial charge is 0.194 e. The molecule has 0 heterocycles. The Morgan fingerprint density at radius 3 is 2.32 bits per heavy atom. The molecule has 0 aromatic heterocycles. The molecular formula is C20H16ClFN2O. The van der Waals surface area contributed by atoms with Crippen LogP contribution in [0.25, 0.3) is 0 Å². The predicted molar refractivity (Wildman–Crippen MR) is 100 cm³/mol. The van der Waals surface area contributed by atoms with Crippen LogP contribution < -0.4 is 11.1 Å². The van der Waals surface area contributed by atoms with Crippen molar-refractivity contribution in [2.45, 2.75) is 6.92 Å². The first-order valence-electron chi connectivity index (χ1n) is 7.67. The Morgan fingerprint density at radius 2 is 1.64 bits per heavy atom. The topological polar surface area (TPSA) is 55.1 Å². The zero-order chi connectivity index (χ0) is 18.0. The van der Waals surface area contributed by atoms with Crippen LogP contribution >= 0.6 is 11.6 Å². The standard InChI is InChI=1S/C20H16ClFN2O/c1-12-2-5-14(23)10-18(12)20(25)17-9-8-16(11-19(17)21)24-15-6-3-13(22)4-7-15/h2-11,24H,23H2,1H3. The van der Waals surface area contributed by atoms with Crippen molar-refractivity contribution in [1.82, 2.24) is 0 Å². The van der Waals surface area contributed by atoms with E-state index >= 15 is 0 Å². The number of carbonyl (C=O) groups excluding carboxylic acids is 1. The van der Waals surface area contributed by atoms with Crippen molar-refractivity contribution in [2.24, 2.45) is 0 Å². The van der Waals surface area contributed by atoms with E-state index in [9.17, 15) is 9.18 Å². The molecule has 0 radical (unpaired) electrons. The van der Waals surface area contributed by atoms with Gasteiger partial charge < -0.3 is 11.1 Å². The Labute approximate surface area is 150 Å². The van der Waals surface area contributed by atoms with Gasteiger partial charge in [-0.3, -0.25) is 4.79 Å². The SMILES string of the molecule is Cc1ccc(N)cc1C(=O)c1ccc(Nc2ccc(F)cc2)cc1Cl. The molecule has 3 nitrogen and oxygen atoms in total. The second-order valence-electron chi connectivity index (χ2n) is 5.73. The fourth-order valence-electron chi connectivity index (χ4n) is 2.51. The van der Waals surface area contributed by atoms with Gasteiger partial charge in [0.2, 0.25) is 0 Å². The van der Waals surface area contributed by atoms with Crippen LogP contribution in [0.4, 0.5) is 21.5 Å². The second kappa shape index (κ2) is 6.95. The van der Waals surface area contributed by atoms with E-state index in [1.165, 1.54) is 12.1 Å². The van der Waals surface area contributed by atoms with Gasteiger partial charge >= 0.3 is 0 Å². The number of nitrogens with one attached hydrogen (secondary N) is 1. The molecule has 0 bridgehead atoms. The van der Waals surface area contributed by atoms with E-state index in [1.807, 2.05) is 6.92 Å². The zero-order valence-electron chi connectivity index (χ0n) is 13.5. The number of hydrogen-bond donors (Lipinski definition) is 2. The van der Waals surface area contributed by atoms with Gasteiger partial charge in [0, 0.05) is 28.2 Å². The van der Waals surface area contributed by atoms with Crippen molar-refractivity contribution < 1.29 is 9.18 Å². The molecule has 3 aromatic rings. The Kier molecular flexibility index (Phi) is 4.72. The summed E-state index contributed by atoms with van der Waals surface area (Å²) < 4.78 is 13.0. The average Bonchev–Trinajstić information content (AvgIpc) is 2.59. The molecule has 0 amide bonds. The maximum absolute atomic E-state index is 13.0. The van der Waals surface area contributed by atoms with E-state index in [4.69, 9.17) is 17.3 Å². The fraction of sp³-hybridized carbons (Fsp3) is 0.0500. The van der Waals surface area contributed by atoms with Crippen LogP contribution in [0, 0.1) is 12.7 Å². The van der Waals surface area contributed by atoms with Crippen LogP contribution in [-0.4, -0.2) is 5.78 Å². The van der Waals surface area contributed by atoms with E-state index < -0.39 is 0 Å². The number of benzene rings is 3. The molecule has 0 atom stereocenters. The third-order valence-electron chi connectivity index (χ3n) is 3.85. The molecule has 0 aliphatic rings. The van der Waals surface area contributed by atoms with Crippen molar-refractivity contribution >= 4 is 34.4 Å². The Morgan fingerprint density at radius 1 is 0.960 bits per heavy atom. The van der Waals surface area contributed by atoms with Crippen LogP contribution in [0.2, 0.25) is 5.02 Å². The second-order valence-corrected chi connectivity index (χ2v) is 6.14. The molecule has 3 N–H and O–H groups in total. The molecule has 0 saturated carbocycles. The van der Waals surface area contributed by atoms with Crippen molar-refractivity contribution in [2.75, 3.05) is 11.1 Å². The lowest BCUT2D eigenvalue weighted by Crippen LogP contribution is -2.06. The lowest BCUT2D eigenvalue weighted by Gasteiger charge is -2.11.